The molecule has 0 aliphatic heterocycles. The number of aliphatic carboxylic acids is 1. The number of hydrogen-bond donors (Lipinski definition) is 1. The Balaban J connectivity index is 2.52. The summed E-state index contributed by atoms with van der Waals surface area (Å²) in [5.41, 5.74) is -1.69. The Morgan fingerprint density at radius 1 is 1.45 bits per heavy atom. The molecule has 3 rings (SSSR count). The highest BCUT2D eigenvalue weighted by atomic mass is 35.5. The first kappa shape index (κ1) is 15.3. The van der Waals surface area contributed by atoms with Gasteiger partial charge >= 0.3 is 5.97 Å². The molecule has 8 heteroatoms. The Morgan fingerprint density at radius 3 is 2.59 bits per heavy atom. The van der Waals surface area contributed by atoms with Crippen molar-refractivity contribution in [3.63, 3.8) is 0 Å². The molecule has 1 N–H and O–H groups in total. The van der Waals surface area contributed by atoms with E-state index in [4.69, 9.17) is 11.6 Å². The molecule has 1 heterocycles. The highest BCUT2D eigenvalue weighted by Crippen LogP contribution is 2.49. The van der Waals surface area contributed by atoms with Crippen LogP contribution in [0.15, 0.2) is 16.9 Å². The van der Waals surface area contributed by atoms with Crippen LogP contribution in [0.2, 0.25) is 5.02 Å². The van der Waals surface area contributed by atoms with Crippen LogP contribution >= 0.6 is 23.9 Å². The average Bonchev–Trinajstić information content (AvgIpc) is 3.24. The second kappa shape index (κ2) is 4.96. The van der Waals surface area contributed by atoms with Gasteiger partial charge in [0.15, 0.2) is 12.3 Å². The van der Waals surface area contributed by atoms with Gasteiger partial charge in [0.1, 0.15) is 5.82 Å². The van der Waals surface area contributed by atoms with E-state index in [1.54, 1.807) is 0 Å². The van der Waals surface area contributed by atoms with E-state index in [1.165, 1.54) is 13.0 Å². The van der Waals surface area contributed by atoms with Gasteiger partial charge in [0.25, 0.3) is 5.56 Å². The molecule has 0 bridgehead atoms. The SMILES string of the molecule is Cc1c(C2(C(=O)O)CC2)c(=O)n(SF)c2ccc(F)c(Cl)c12. The Labute approximate surface area is 133 Å². The molecule has 1 fully saturated rings. The molecule has 1 aliphatic rings. The molecule has 0 radical (unpaired) electrons. The van der Waals surface area contributed by atoms with Gasteiger partial charge in [-0.05, 0) is 37.5 Å². The van der Waals surface area contributed by atoms with Crippen molar-refractivity contribution in [1.29, 1.82) is 0 Å². The number of halogens is 3. The molecule has 0 amide bonds. The molecular weight excluding hydrogens is 336 g/mol. The largest absolute Gasteiger partial charge is 0.481 e. The standard InChI is InChI=1S/C14H10ClF2NO3S/c1-6-9-8(3-2-7(16)11(9)15)18(22-17)12(19)10(6)14(4-5-14)13(20)21/h2-3H,4-5H2,1H3,(H,20,21). The van der Waals surface area contributed by atoms with Crippen molar-refractivity contribution in [2.75, 3.05) is 0 Å². The molecule has 1 saturated carbocycles. The number of aromatic nitrogens is 1. The molecule has 0 unspecified atom stereocenters. The molecule has 1 aromatic carbocycles. The molecule has 4 nitrogen and oxygen atoms in total. The highest BCUT2D eigenvalue weighted by molar-refractivity contribution is 7.92. The van der Waals surface area contributed by atoms with Crippen molar-refractivity contribution in [1.82, 2.24) is 3.97 Å². The third-order valence-electron chi connectivity index (χ3n) is 4.15. The van der Waals surface area contributed by atoms with Gasteiger partial charge in [0, 0.05) is 10.9 Å². The van der Waals surface area contributed by atoms with Gasteiger partial charge in [-0.15, -0.1) is 3.89 Å². The molecule has 2 aromatic rings. The molecule has 0 saturated heterocycles. The zero-order valence-corrected chi connectivity index (χ0v) is 12.9. The molecule has 0 atom stereocenters. The van der Waals surface area contributed by atoms with Crippen LogP contribution in [0.4, 0.5) is 8.28 Å². The monoisotopic (exact) mass is 345 g/mol. The molecular formula is C14H10ClF2NO3S. The zero-order valence-electron chi connectivity index (χ0n) is 11.3. The van der Waals surface area contributed by atoms with Crippen LogP contribution in [0.5, 0.6) is 0 Å². The van der Waals surface area contributed by atoms with E-state index in [9.17, 15) is 23.0 Å². The Bertz CT molecular complexity index is 877. The summed E-state index contributed by atoms with van der Waals surface area (Å²) in [6.45, 7) is 1.51. The highest BCUT2D eigenvalue weighted by Gasteiger charge is 2.54. The summed E-state index contributed by atoms with van der Waals surface area (Å²) in [6, 6.07) is 2.29. The summed E-state index contributed by atoms with van der Waals surface area (Å²) in [5, 5.41) is 9.32. The first-order valence-corrected chi connectivity index (χ1v) is 7.46. The summed E-state index contributed by atoms with van der Waals surface area (Å²) in [5.74, 6) is -1.85. The number of hydrogen-bond acceptors (Lipinski definition) is 3. The van der Waals surface area contributed by atoms with Gasteiger partial charge < -0.3 is 5.11 Å². The van der Waals surface area contributed by atoms with Gasteiger partial charge in [-0.2, -0.15) is 0 Å². The first-order chi connectivity index (χ1) is 10.3. The zero-order chi connectivity index (χ0) is 16.2. The summed E-state index contributed by atoms with van der Waals surface area (Å²) in [7, 11) is 0. The van der Waals surface area contributed by atoms with Crippen molar-refractivity contribution >= 4 is 40.8 Å². The van der Waals surface area contributed by atoms with E-state index in [-0.39, 0.29) is 52.2 Å². The summed E-state index contributed by atoms with van der Waals surface area (Å²) in [6.07, 6.45) is 0.571. The number of carbonyl (C=O) groups is 1. The van der Waals surface area contributed by atoms with Crippen LogP contribution < -0.4 is 5.56 Å². The van der Waals surface area contributed by atoms with E-state index in [0.717, 1.165) is 6.07 Å². The van der Waals surface area contributed by atoms with Gasteiger partial charge in [-0.3, -0.25) is 9.59 Å². The summed E-state index contributed by atoms with van der Waals surface area (Å²) < 4.78 is 27.7. The maximum Gasteiger partial charge on any atom is 0.314 e. The second-order valence-electron chi connectivity index (χ2n) is 5.31. The maximum atomic E-state index is 13.7. The van der Waals surface area contributed by atoms with Crippen LogP contribution in [-0.4, -0.2) is 15.0 Å². The Hall–Kier alpha value is -1.60. The van der Waals surface area contributed by atoms with Crippen molar-refractivity contribution in [2.45, 2.75) is 25.2 Å². The van der Waals surface area contributed by atoms with Gasteiger partial charge in [0.05, 0.1) is 16.0 Å². The van der Waals surface area contributed by atoms with Crippen LogP contribution in [0.1, 0.15) is 24.0 Å². The van der Waals surface area contributed by atoms with Crippen LogP contribution in [-0.2, 0) is 10.2 Å². The molecule has 22 heavy (non-hydrogen) atoms. The molecule has 116 valence electrons. The normalized spacial score (nSPS) is 16.0. The van der Waals surface area contributed by atoms with Crippen LogP contribution in [0.25, 0.3) is 10.9 Å². The van der Waals surface area contributed by atoms with Crippen molar-refractivity contribution in [3.05, 3.63) is 44.5 Å². The van der Waals surface area contributed by atoms with E-state index in [2.05, 4.69) is 0 Å². The summed E-state index contributed by atoms with van der Waals surface area (Å²) >= 11 is 5.61. The predicted octanol–water partition coefficient (Wildman–Crippen LogP) is 3.60. The lowest BCUT2D eigenvalue weighted by Crippen LogP contribution is -2.32. The fourth-order valence-corrected chi connectivity index (χ4v) is 3.57. The summed E-state index contributed by atoms with van der Waals surface area (Å²) in [4.78, 5) is 24.0. The smallest absolute Gasteiger partial charge is 0.314 e. The quantitative estimate of drug-likeness (QED) is 0.923. The van der Waals surface area contributed by atoms with Crippen molar-refractivity contribution in [3.8, 4) is 0 Å². The lowest BCUT2D eigenvalue weighted by atomic mass is 9.91. The molecule has 1 aliphatic carbocycles. The number of fused-ring (bicyclic) bond motifs is 1. The number of rotatable bonds is 3. The number of pyridine rings is 1. The number of aryl methyl sites for hydroxylation is 1. The van der Waals surface area contributed by atoms with Crippen molar-refractivity contribution in [2.24, 2.45) is 0 Å². The third-order valence-corrected chi connectivity index (χ3v) is 5.02. The average molecular weight is 346 g/mol. The number of benzene rings is 1. The fraction of sp³-hybridized carbons (Fsp3) is 0.286. The number of carboxylic acids is 1. The topological polar surface area (TPSA) is 59.3 Å². The van der Waals surface area contributed by atoms with Gasteiger partial charge in [-0.25, -0.2) is 8.36 Å². The lowest BCUT2D eigenvalue weighted by Gasteiger charge is -2.18. The van der Waals surface area contributed by atoms with E-state index in [1.807, 2.05) is 0 Å². The van der Waals surface area contributed by atoms with Crippen LogP contribution in [0, 0.1) is 12.7 Å². The van der Waals surface area contributed by atoms with E-state index in [0.29, 0.717) is 3.97 Å². The van der Waals surface area contributed by atoms with Crippen LogP contribution in [0.3, 0.4) is 0 Å². The minimum absolute atomic E-state index is 0.0230. The van der Waals surface area contributed by atoms with E-state index >= 15 is 0 Å². The minimum atomic E-state index is -1.33. The second-order valence-corrected chi connectivity index (χ2v) is 6.19. The van der Waals surface area contributed by atoms with Gasteiger partial charge in [0.2, 0.25) is 0 Å². The first-order valence-electron chi connectivity index (χ1n) is 6.41. The maximum absolute atomic E-state index is 13.7. The number of nitrogens with zero attached hydrogens (tertiary/aromatic N) is 1. The molecule has 1 aromatic heterocycles. The predicted molar refractivity (Wildman–Crippen MR) is 80.6 cm³/mol. The Kier molecular flexibility index (Phi) is 3.45. The van der Waals surface area contributed by atoms with Gasteiger partial charge in [-0.1, -0.05) is 11.6 Å². The van der Waals surface area contributed by atoms with Crippen molar-refractivity contribution < 1.29 is 18.2 Å². The minimum Gasteiger partial charge on any atom is -0.481 e. The lowest BCUT2D eigenvalue weighted by molar-refractivity contribution is -0.140. The number of carboxylic acid groups (broad SMARTS) is 1. The fourth-order valence-electron chi connectivity index (χ4n) is 2.89. The molecule has 0 spiro atoms. The van der Waals surface area contributed by atoms with E-state index < -0.39 is 22.8 Å². The Morgan fingerprint density at radius 2 is 2.09 bits per heavy atom. The third kappa shape index (κ3) is 1.88.